The maximum atomic E-state index is 13.3. The van der Waals surface area contributed by atoms with E-state index in [0.29, 0.717) is 5.56 Å². The molecule has 0 saturated carbocycles. The van der Waals surface area contributed by atoms with Crippen molar-refractivity contribution in [3.63, 3.8) is 0 Å². The number of halogens is 4. The summed E-state index contributed by atoms with van der Waals surface area (Å²) in [6.45, 7) is 0. The minimum Gasteiger partial charge on any atom is -0.375 e. The van der Waals surface area contributed by atoms with Gasteiger partial charge in [0.1, 0.15) is 5.82 Å². The number of hydrogen-bond donors (Lipinski definition) is 1. The maximum Gasteiger partial charge on any atom is 0.419 e. The average Bonchev–Trinajstić information content (AvgIpc) is 2.99. The number of nitrogens with two attached hydrogens (primary N) is 1. The molecule has 2 aliphatic heterocycles. The lowest BCUT2D eigenvalue weighted by Gasteiger charge is -2.26. The lowest BCUT2D eigenvalue weighted by atomic mass is 9.81. The average molecular weight is 289 g/mol. The molecular weight excluding hydrogens is 274 g/mol. The molecule has 2 saturated heterocycles. The van der Waals surface area contributed by atoms with Crippen molar-refractivity contribution in [1.82, 2.24) is 0 Å². The molecule has 20 heavy (non-hydrogen) atoms. The van der Waals surface area contributed by atoms with Gasteiger partial charge in [-0.05, 0) is 37.0 Å². The van der Waals surface area contributed by atoms with Gasteiger partial charge in [-0.15, -0.1) is 0 Å². The summed E-state index contributed by atoms with van der Waals surface area (Å²) in [5.41, 5.74) is 5.14. The van der Waals surface area contributed by atoms with Crippen LogP contribution >= 0.6 is 0 Å². The summed E-state index contributed by atoms with van der Waals surface area (Å²) in [7, 11) is 0. The van der Waals surface area contributed by atoms with Crippen LogP contribution in [0.1, 0.15) is 36.4 Å². The summed E-state index contributed by atoms with van der Waals surface area (Å²) in [4.78, 5) is 0. The SMILES string of the molecule is NC(c1ccc(F)c(C(F)(F)F)c1)C1CC2CCC1O2. The second-order valence-electron chi connectivity index (χ2n) is 5.54. The van der Waals surface area contributed by atoms with Crippen LogP contribution in [0.2, 0.25) is 0 Å². The molecule has 2 N–H and O–H groups in total. The fraction of sp³-hybridized carbons (Fsp3) is 0.571. The Hall–Kier alpha value is -1.14. The minimum atomic E-state index is -4.70. The molecule has 2 aliphatic rings. The van der Waals surface area contributed by atoms with E-state index < -0.39 is 23.6 Å². The minimum absolute atomic E-state index is 0.0142. The van der Waals surface area contributed by atoms with Gasteiger partial charge in [0, 0.05) is 12.0 Å². The van der Waals surface area contributed by atoms with Gasteiger partial charge in [-0.3, -0.25) is 0 Å². The van der Waals surface area contributed by atoms with Gasteiger partial charge < -0.3 is 10.5 Å². The molecule has 0 amide bonds. The Morgan fingerprint density at radius 1 is 1.25 bits per heavy atom. The fourth-order valence-electron chi connectivity index (χ4n) is 3.27. The van der Waals surface area contributed by atoms with Crippen LogP contribution in [0, 0.1) is 11.7 Å². The van der Waals surface area contributed by atoms with E-state index in [2.05, 4.69) is 0 Å². The molecular formula is C14H15F4NO. The predicted molar refractivity (Wildman–Crippen MR) is 64.3 cm³/mol. The van der Waals surface area contributed by atoms with E-state index in [4.69, 9.17) is 10.5 Å². The van der Waals surface area contributed by atoms with Crippen LogP contribution in [0.15, 0.2) is 18.2 Å². The predicted octanol–water partition coefficient (Wildman–Crippen LogP) is 3.41. The molecule has 2 bridgehead atoms. The van der Waals surface area contributed by atoms with E-state index in [1.807, 2.05) is 0 Å². The van der Waals surface area contributed by atoms with Crippen LogP contribution in [0.5, 0.6) is 0 Å². The summed E-state index contributed by atoms with van der Waals surface area (Å²) < 4.78 is 57.1. The summed E-state index contributed by atoms with van der Waals surface area (Å²) in [6.07, 6.45) is -1.84. The quantitative estimate of drug-likeness (QED) is 0.847. The van der Waals surface area contributed by atoms with E-state index in [-0.39, 0.29) is 18.1 Å². The van der Waals surface area contributed by atoms with Gasteiger partial charge in [0.05, 0.1) is 17.8 Å². The van der Waals surface area contributed by atoms with Crippen molar-refractivity contribution in [2.75, 3.05) is 0 Å². The van der Waals surface area contributed by atoms with Crippen LogP contribution in [0.25, 0.3) is 0 Å². The Balaban J connectivity index is 1.87. The van der Waals surface area contributed by atoms with E-state index in [1.165, 1.54) is 6.07 Å². The molecule has 2 heterocycles. The van der Waals surface area contributed by atoms with E-state index >= 15 is 0 Å². The van der Waals surface area contributed by atoms with Gasteiger partial charge in [-0.1, -0.05) is 6.07 Å². The van der Waals surface area contributed by atoms with Crippen LogP contribution < -0.4 is 5.73 Å². The molecule has 4 atom stereocenters. The first-order chi connectivity index (χ1) is 9.36. The molecule has 6 heteroatoms. The Morgan fingerprint density at radius 3 is 2.55 bits per heavy atom. The first-order valence-corrected chi connectivity index (χ1v) is 6.64. The topological polar surface area (TPSA) is 35.2 Å². The number of benzene rings is 1. The number of rotatable bonds is 2. The van der Waals surface area contributed by atoms with Gasteiger partial charge in [0.15, 0.2) is 0 Å². The second-order valence-corrected chi connectivity index (χ2v) is 5.54. The van der Waals surface area contributed by atoms with Crippen molar-refractivity contribution in [1.29, 1.82) is 0 Å². The highest BCUT2D eigenvalue weighted by molar-refractivity contribution is 5.30. The highest BCUT2D eigenvalue weighted by atomic mass is 19.4. The van der Waals surface area contributed by atoms with Gasteiger partial charge in [-0.2, -0.15) is 13.2 Å². The molecule has 0 spiro atoms. The van der Waals surface area contributed by atoms with Crippen molar-refractivity contribution in [2.45, 2.75) is 43.7 Å². The summed E-state index contributed by atoms with van der Waals surface area (Å²) in [6, 6.07) is 2.45. The Labute approximate surface area is 113 Å². The summed E-state index contributed by atoms with van der Waals surface area (Å²) in [5.74, 6) is -1.25. The normalized spacial score (nSPS) is 30.8. The van der Waals surface area contributed by atoms with Crippen LogP contribution in [-0.2, 0) is 10.9 Å². The highest BCUT2D eigenvalue weighted by Gasteiger charge is 2.44. The van der Waals surface area contributed by atoms with Crippen molar-refractivity contribution in [3.05, 3.63) is 35.1 Å². The van der Waals surface area contributed by atoms with E-state index in [1.54, 1.807) is 0 Å². The molecule has 2 nitrogen and oxygen atoms in total. The third kappa shape index (κ3) is 2.31. The maximum absolute atomic E-state index is 13.3. The summed E-state index contributed by atoms with van der Waals surface area (Å²) >= 11 is 0. The Kier molecular flexibility index (Phi) is 3.25. The van der Waals surface area contributed by atoms with Crippen molar-refractivity contribution in [2.24, 2.45) is 11.7 Å². The number of hydrogen-bond acceptors (Lipinski definition) is 2. The fourth-order valence-corrected chi connectivity index (χ4v) is 3.27. The number of alkyl halides is 3. The molecule has 0 aromatic heterocycles. The van der Waals surface area contributed by atoms with Gasteiger partial charge in [-0.25, -0.2) is 4.39 Å². The first-order valence-electron chi connectivity index (χ1n) is 6.64. The number of fused-ring (bicyclic) bond motifs is 2. The molecule has 110 valence electrons. The Morgan fingerprint density at radius 2 is 2.00 bits per heavy atom. The van der Waals surface area contributed by atoms with Crippen LogP contribution in [0.4, 0.5) is 17.6 Å². The third-order valence-corrected chi connectivity index (χ3v) is 4.29. The zero-order valence-electron chi connectivity index (χ0n) is 10.7. The van der Waals surface area contributed by atoms with Crippen LogP contribution in [-0.4, -0.2) is 12.2 Å². The van der Waals surface area contributed by atoms with Gasteiger partial charge in [0.2, 0.25) is 0 Å². The molecule has 4 unspecified atom stereocenters. The van der Waals surface area contributed by atoms with E-state index in [0.717, 1.165) is 31.4 Å². The van der Waals surface area contributed by atoms with Gasteiger partial charge in [0.25, 0.3) is 0 Å². The molecule has 0 aliphatic carbocycles. The monoisotopic (exact) mass is 289 g/mol. The Bertz CT molecular complexity index is 516. The lowest BCUT2D eigenvalue weighted by Crippen LogP contribution is -2.29. The number of ether oxygens (including phenoxy) is 1. The largest absolute Gasteiger partial charge is 0.419 e. The highest BCUT2D eigenvalue weighted by Crippen LogP contribution is 2.44. The molecule has 2 fully saturated rings. The summed E-state index contributed by atoms with van der Waals surface area (Å²) in [5, 5.41) is 0. The van der Waals surface area contributed by atoms with Gasteiger partial charge >= 0.3 is 6.18 Å². The zero-order valence-corrected chi connectivity index (χ0v) is 10.7. The third-order valence-electron chi connectivity index (χ3n) is 4.29. The first kappa shape index (κ1) is 13.8. The zero-order chi connectivity index (χ0) is 14.5. The van der Waals surface area contributed by atoms with E-state index in [9.17, 15) is 17.6 Å². The second kappa shape index (κ2) is 4.70. The molecule has 3 rings (SSSR count). The smallest absolute Gasteiger partial charge is 0.375 e. The molecule has 1 aromatic carbocycles. The lowest BCUT2D eigenvalue weighted by molar-refractivity contribution is -0.140. The van der Waals surface area contributed by atoms with Crippen LogP contribution in [0.3, 0.4) is 0 Å². The molecule has 0 radical (unpaired) electrons. The van der Waals surface area contributed by atoms with Crippen molar-refractivity contribution < 1.29 is 22.3 Å². The molecule has 1 aromatic rings. The van der Waals surface area contributed by atoms with Crippen molar-refractivity contribution >= 4 is 0 Å². The van der Waals surface area contributed by atoms with Crippen molar-refractivity contribution in [3.8, 4) is 0 Å². The standard InChI is InChI=1S/C14H15F4NO/c15-11-3-1-7(5-10(11)14(16,17)18)13(19)9-6-8-2-4-12(9)20-8/h1,3,5,8-9,12-13H,2,4,6,19H2.